The zero-order valence-electron chi connectivity index (χ0n) is 14.4. The predicted octanol–water partition coefficient (Wildman–Crippen LogP) is 5.65. The van der Waals surface area contributed by atoms with Gasteiger partial charge in [-0.3, -0.25) is 0 Å². The van der Waals surface area contributed by atoms with Crippen molar-refractivity contribution in [2.45, 2.75) is 84.7 Å². The standard InChI is InChI=1S/C20H33N/c1-5-6-7-17-8-10-18(11-9-17)16(2)21-19-12-14-20(3,4)15-13-19/h8-11,16,19,21H,5-7,12-15H2,1-4H3. The average Bonchev–Trinajstić information content (AvgIpc) is 2.48. The third kappa shape index (κ3) is 5.14. The van der Waals surface area contributed by atoms with E-state index in [9.17, 15) is 0 Å². The molecule has 1 fully saturated rings. The number of unbranched alkanes of at least 4 members (excludes halogenated alkanes) is 1. The second-order valence-corrected chi connectivity index (χ2v) is 7.67. The van der Waals surface area contributed by atoms with Gasteiger partial charge in [-0.15, -0.1) is 0 Å². The maximum absolute atomic E-state index is 3.84. The molecule has 0 heterocycles. The van der Waals surface area contributed by atoms with Crippen LogP contribution in [0.4, 0.5) is 0 Å². The molecule has 0 saturated heterocycles. The molecule has 1 atom stereocenters. The van der Waals surface area contributed by atoms with Crippen molar-refractivity contribution in [3.8, 4) is 0 Å². The molecule has 118 valence electrons. The molecule has 1 nitrogen and oxygen atoms in total. The summed E-state index contributed by atoms with van der Waals surface area (Å²) >= 11 is 0. The molecule has 1 unspecified atom stereocenters. The van der Waals surface area contributed by atoms with Gasteiger partial charge in [0.1, 0.15) is 0 Å². The Morgan fingerprint density at radius 1 is 1.14 bits per heavy atom. The fourth-order valence-corrected chi connectivity index (χ4v) is 3.37. The molecule has 0 spiro atoms. The molecule has 1 saturated carbocycles. The second-order valence-electron chi connectivity index (χ2n) is 7.67. The minimum Gasteiger partial charge on any atom is -0.307 e. The molecule has 1 heteroatoms. The van der Waals surface area contributed by atoms with Gasteiger partial charge in [0, 0.05) is 12.1 Å². The molecule has 1 N–H and O–H groups in total. The van der Waals surface area contributed by atoms with Gasteiger partial charge in [-0.2, -0.15) is 0 Å². The van der Waals surface area contributed by atoms with Gasteiger partial charge in [-0.25, -0.2) is 0 Å². The predicted molar refractivity (Wildman–Crippen MR) is 92.6 cm³/mol. The minimum atomic E-state index is 0.469. The van der Waals surface area contributed by atoms with Gasteiger partial charge in [0.05, 0.1) is 0 Å². The summed E-state index contributed by atoms with van der Waals surface area (Å²) in [7, 11) is 0. The Morgan fingerprint density at radius 3 is 2.33 bits per heavy atom. The fraction of sp³-hybridized carbons (Fsp3) is 0.700. The maximum Gasteiger partial charge on any atom is 0.0294 e. The van der Waals surface area contributed by atoms with Crippen LogP contribution in [0.1, 0.15) is 83.4 Å². The Kier molecular flexibility index (Phi) is 5.87. The zero-order valence-corrected chi connectivity index (χ0v) is 14.4. The summed E-state index contributed by atoms with van der Waals surface area (Å²) in [6.45, 7) is 9.37. The van der Waals surface area contributed by atoms with Crippen LogP contribution in [0.25, 0.3) is 0 Å². The van der Waals surface area contributed by atoms with Crippen LogP contribution < -0.4 is 5.32 Å². The Bertz CT molecular complexity index is 408. The largest absolute Gasteiger partial charge is 0.307 e. The second kappa shape index (κ2) is 7.45. The first-order chi connectivity index (χ1) is 10.00. The van der Waals surface area contributed by atoms with E-state index in [0.29, 0.717) is 17.5 Å². The van der Waals surface area contributed by atoms with E-state index < -0.39 is 0 Å². The first-order valence-electron chi connectivity index (χ1n) is 8.85. The van der Waals surface area contributed by atoms with Crippen LogP contribution in [0.3, 0.4) is 0 Å². The third-order valence-corrected chi connectivity index (χ3v) is 5.12. The minimum absolute atomic E-state index is 0.469. The van der Waals surface area contributed by atoms with Crippen molar-refractivity contribution in [2.24, 2.45) is 5.41 Å². The summed E-state index contributed by atoms with van der Waals surface area (Å²) in [4.78, 5) is 0. The Hall–Kier alpha value is -0.820. The maximum atomic E-state index is 3.84. The van der Waals surface area contributed by atoms with Crippen LogP contribution in [0.15, 0.2) is 24.3 Å². The lowest BCUT2D eigenvalue weighted by Gasteiger charge is -2.36. The molecule has 21 heavy (non-hydrogen) atoms. The quantitative estimate of drug-likeness (QED) is 0.713. The first kappa shape index (κ1) is 16.5. The summed E-state index contributed by atoms with van der Waals surface area (Å²) in [6, 6.07) is 10.4. The summed E-state index contributed by atoms with van der Waals surface area (Å²) in [5.74, 6) is 0. The molecular weight excluding hydrogens is 254 g/mol. The monoisotopic (exact) mass is 287 g/mol. The molecule has 1 aromatic rings. The van der Waals surface area contributed by atoms with Gasteiger partial charge in [0.15, 0.2) is 0 Å². The van der Waals surface area contributed by atoms with Gasteiger partial charge in [0.2, 0.25) is 0 Å². The van der Waals surface area contributed by atoms with Crippen molar-refractivity contribution in [1.82, 2.24) is 5.32 Å². The van der Waals surface area contributed by atoms with Gasteiger partial charge in [-0.05, 0) is 62.0 Å². The number of benzene rings is 1. The smallest absolute Gasteiger partial charge is 0.0294 e. The lowest BCUT2D eigenvalue weighted by atomic mass is 9.75. The summed E-state index contributed by atoms with van der Waals surface area (Å²) in [6.07, 6.45) is 9.15. The lowest BCUT2D eigenvalue weighted by Crippen LogP contribution is -2.37. The highest BCUT2D eigenvalue weighted by molar-refractivity contribution is 5.25. The van der Waals surface area contributed by atoms with Crippen molar-refractivity contribution in [2.75, 3.05) is 0 Å². The Balaban J connectivity index is 1.84. The van der Waals surface area contributed by atoms with E-state index in [4.69, 9.17) is 0 Å². The van der Waals surface area contributed by atoms with Gasteiger partial charge in [0.25, 0.3) is 0 Å². The highest BCUT2D eigenvalue weighted by Gasteiger charge is 2.27. The van der Waals surface area contributed by atoms with E-state index in [1.54, 1.807) is 0 Å². The van der Waals surface area contributed by atoms with Crippen molar-refractivity contribution in [1.29, 1.82) is 0 Å². The fourth-order valence-electron chi connectivity index (χ4n) is 3.37. The van der Waals surface area contributed by atoms with Gasteiger partial charge >= 0.3 is 0 Å². The number of aryl methyl sites for hydroxylation is 1. The van der Waals surface area contributed by atoms with Crippen molar-refractivity contribution >= 4 is 0 Å². The number of nitrogens with one attached hydrogen (secondary N) is 1. The van der Waals surface area contributed by atoms with Crippen LogP contribution in [-0.4, -0.2) is 6.04 Å². The third-order valence-electron chi connectivity index (χ3n) is 5.12. The molecule has 0 aliphatic heterocycles. The van der Waals surface area contributed by atoms with E-state index >= 15 is 0 Å². The number of hydrogen-bond acceptors (Lipinski definition) is 1. The van der Waals surface area contributed by atoms with Crippen LogP contribution in [0.5, 0.6) is 0 Å². The van der Waals surface area contributed by atoms with E-state index in [-0.39, 0.29) is 0 Å². The molecule has 0 bridgehead atoms. The van der Waals surface area contributed by atoms with Gasteiger partial charge < -0.3 is 5.32 Å². The van der Waals surface area contributed by atoms with Crippen molar-refractivity contribution in [3.05, 3.63) is 35.4 Å². The first-order valence-corrected chi connectivity index (χ1v) is 8.85. The molecule has 0 aromatic heterocycles. The molecule has 2 rings (SSSR count). The van der Waals surface area contributed by atoms with Crippen molar-refractivity contribution < 1.29 is 0 Å². The summed E-state index contributed by atoms with van der Waals surface area (Å²) in [5, 5.41) is 3.84. The van der Waals surface area contributed by atoms with Crippen LogP contribution in [0, 0.1) is 5.41 Å². The van der Waals surface area contributed by atoms with Gasteiger partial charge in [-0.1, -0.05) is 51.5 Å². The highest BCUT2D eigenvalue weighted by Crippen LogP contribution is 2.35. The SMILES string of the molecule is CCCCc1ccc(C(C)NC2CCC(C)(C)CC2)cc1. The molecule has 0 radical (unpaired) electrons. The van der Waals surface area contributed by atoms with Crippen LogP contribution in [0.2, 0.25) is 0 Å². The Labute approximate surface area is 131 Å². The van der Waals surface area contributed by atoms with E-state index in [0.717, 1.165) is 0 Å². The Morgan fingerprint density at radius 2 is 1.76 bits per heavy atom. The summed E-state index contributed by atoms with van der Waals surface area (Å²) in [5.41, 5.74) is 3.47. The van der Waals surface area contributed by atoms with Crippen LogP contribution >= 0.6 is 0 Å². The average molecular weight is 287 g/mol. The van der Waals surface area contributed by atoms with E-state index in [2.05, 4.69) is 57.3 Å². The zero-order chi connectivity index (χ0) is 15.3. The molecule has 1 aliphatic rings. The van der Waals surface area contributed by atoms with Crippen LogP contribution in [-0.2, 0) is 6.42 Å². The number of rotatable bonds is 6. The lowest BCUT2D eigenvalue weighted by molar-refractivity contribution is 0.200. The number of hydrogen-bond donors (Lipinski definition) is 1. The topological polar surface area (TPSA) is 12.0 Å². The highest BCUT2D eigenvalue weighted by atomic mass is 14.9. The molecule has 1 aliphatic carbocycles. The molecule has 1 aromatic carbocycles. The molecule has 0 amide bonds. The van der Waals surface area contributed by atoms with E-state index in [1.165, 1.54) is 56.1 Å². The normalized spacial score (nSPS) is 20.4. The summed E-state index contributed by atoms with van der Waals surface area (Å²) < 4.78 is 0. The van der Waals surface area contributed by atoms with Crippen molar-refractivity contribution in [3.63, 3.8) is 0 Å². The van der Waals surface area contributed by atoms with E-state index in [1.807, 2.05) is 0 Å². The molecular formula is C20H33N.